The van der Waals surface area contributed by atoms with Crippen molar-refractivity contribution in [3.05, 3.63) is 29.3 Å². The van der Waals surface area contributed by atoms with Gasteiger partial charge in [-0.2, -0.15) is 0 Å². The first kappa shape index (κ1) is 13.4. The van der Waals surface area contributed by atoms with Gasteiger partial charge in [0.15, 0.2) is 0 Å². The van der Waals surface area contributed by atoms with E-state index in [4.69, 9.17) is 4.74 Å². The highest BCUT2D eigenvalue weighted by Gasteiger charge is 2.20. The molecule has 0 aliphatic heterocycles. The van der Waals surface area contributed by atoms with Crippen molar-refractivity contribution in [1.29, 1.82) is 0 Å². The Labute approximate surface area is 110 Å². The van der Waals surface area contributed by atoms with Crippen LogP contribution in [-0.2, 0) is 6.42 Å². The van der Waals surface area contributed by atoms with Gasteiger partial charge in [-0.3, -0.25) is 0 Å². The molecule has 1 aliphatic carbocycles. The van der Waals surface area contributed by atoms with Crippen LogP contribution in [0.25, 0.3) is 0 Å². The van der Waals surface area contributed by atoms with Gasteiger partial charge < -0.3 is 9.84 Å². The third-order valence-electron chi connectivity index (χ3n) is 3.74. The minimum Gasteiger partial charge on any atom is -0.493 e. The molecule has 2 rings (SSSR count). The molecule has 0 radical (unpaired) electrons. The Morgan fingerprint density at radius 3 is 3.06 bits per heavy atom. The molecule has 1 aromatic rings. The number of benzene rings is 1. The second-order valence-corrected chi connectivity index (χ2v) is 5.44. The van der Waals surface area contributed by atoms with Crippen molar-refractivity contribution in [2.75, 3.05) is 6.61 Å². The molecule has 0 saturated carbocycles. The van der Waals surface area contributed by atoms with Gasteiger partial charge in [-0.25, -0.2) is 0 Å². The van der Waals surface area contributed by atoms with Crippen molar-refractivity contribution < 1.29 is 9.84 Å². The van der Waals surface area contributed by atoms with Crippen LogP contribution in [0.5, 0.6) is 5.75 Å². The molecule has 2 heteroatoms. The van der Waals surface area contributed by atoms with E-state index >= 15 is 0 Å². The van der Waals surface area contributed by atoms with Gasteiger partial charge in [0.1, 0.15) is 5.75 Å². The number of aliphatic hydroxyl groups is 1. The van der Waals surface area contributed by atoms with Crippen LogP contribution in [0.2, 0.25) is 0 Å². The summed E-state index contributed by atoms with van der Waals surface area (Å²) in [6, 6.07) is 6.06. The Morgan fingerprint density at radius 2 is 2.28 bits per heavy atom. The number of fused-ring (bicyclic) bond motifs is 1. The minimum atomic E-state index is -0.301. The lowest BCUT2D eigenvalue weighted by Gasteiger charge is -2.24. The molecule has 1 N–H and O–H groups in total. The maximum atomic E-state index is 9.99. The molecule has 100 valence electrons. The number of aliphatic hydroxyl groups excluding tert-OH is 1. The van der Waals surface area contributed by atoms with E-state index in [-0.39, 0.29) is 6.10 Å². The average Bonchev–Trinajstić information content (AvgIpc) is 2.37. The summed E-state index contributed by atoms with van der Waals surface area (Å²) in [6.45, 7) is 5.21. The van der Waals surface area contributed by atoms with E-state index in [1.165, 1.54) is 18.4 Å². The molecule has 0 fully saturated rings. The van der Waals surface area contributed by atoms with E-state index < -0.39 is 0 Å². The van der Waals surface area contributed by atoms with Crippen LogP contribution in [0.15, 0.2) is 18.2 Å². The van der Waals surface area contributed by atoms with E-state index in [0.717, 1.165) is 37.2 Å². The van der Waals surface area contributed by atoms with Gasteiger partial charge in [0.05, 0.1) is 12.7 Å². The zero-order valence-electron chi connectivity index (χ0n) is 11.5. The molecule has 0 amide bonds. The fraction of sp³-hybridized carbons (Fsp3) is 0.625. The van der Waals surface area contributed by atoms with E-state index in [0.29, 0.717) is 5.92 Å². The normalized spacial score (nSPS) is 20.3. The number of rotatable bonds is 5. The summed E-state index contributed by atoms with van der Waals surface area (Å²) >= 11 is 0. The summed E-state index contributed by atoms with van der Waals surface area (Å²) < 4.78 is 5.96. The maximum Gasteiger partial charge on any atom is 0.122 e. The molecular weight excluding hydrogens is 224 g/mol. The van der Waals surface area contributed by atoms with Crippen LogP contribution in [-0.4, -0.2) is 11.7 Å². The Hall–Kier alpha value is -1.02. The van der Waals surface area contributed by atoms with Crippen molar-refractivity contribution in [3.63, 3.8) is 0 Å². The fourth-order valence-electron chi connectivity index (χ4n) is 2.73. The Bertz CT molecular complexity index is 387. The van der Waals surface area contributed by atoms with Crippen LogP contribution < -0.4 is 4.74 Å². The van der Waals surface area contributed by atoms with Gasteiger partial charge in [0, 0.05) is 0 Å². The predicted octanol–water partition coefficient (Wildman–Crippen LogP) is 3.87. The second kappa shape index (κ2) is 6.24. The van der Waals surface area contributed by atoms with Crippen molar-refractivity contribution in [1.82, 2.24) is 0 Å². The van der Waals surface area contributed by atoms with E-state index in [9.17, 15) is 5.11 Å². The smallest absolute Gasteiger partial charge is 0.122 e. The van der Waals surface area contributed by atoms with Gasteiger partial charge in [-0.05, 0) is 48.8 Å². The molecule has 0 spiro atoms. The van der Waals surface area contributed by atoms with E-state index in [2.05, 4.69) is 13.8 Å². The summed E-state index contributed by atoms with van der Waals surface area (Å²) in [5.74, 6) is 1.58. The van der Waals surface area contributed by atoms with Gasteiger partial charge in [-0.1, -0.05) is 32.4 Å². The first-order chi connectivity index (χ1) is 8.72. The van der Waals surface area contributed by atoms with Crippen molar-refractivity contribution >= 4 is 0 Å². The summed E-state index contributed by atoms with van der Waals surface area (Å²) in [7, 11) is 0. The minimum absolute atomic E-state index is 0.301. The molecule has 18 heavy (non-hydrogen) atoms. The lowest BCUT2D eigenvalue weighted by atomic mass is 9.89. The fourth-order valence-corrected chi connectivity index (χ4v) is 2.73. The highest BCUT2D eigenvalue weighted by Crippen LogP contribution is 2.35. The molecule has 2 atom stereocenters. The Morgan fingerprint density at radius 1 is 1.44 bits per heavy atom. The van der Waals surface area contributed by atoms with Gasteiger partial charge in [0.2, 0.25) is 0 Å². The zero-order chi connectivity index (χ0) is 13.0. The molecule has 1 aliphatic rings. The summed E-state index contributed by atoms with van der Waals surface area (Å²) in [5.41, 5.74) is 2.29. The first-order valence-electron chi connectivity index (χ1n) is 7.15. The number of hydrogen-bond acceptors (Lipinski definition) is 2. The van der Waals surface area contributed by atoms with E-state index in [1.807, 2.05) is 18.2 Å². The number of hydrogen-bond donors (Lipinski definition) is 1. The van der Waals surface area contributed by atoms with E-state index in [1.54, 1.807) is 0 Å². The third kappa shape index (κ3) is 3.05. The Balaban J connectivity index is 2.07. The molecule has 2 unspecified atom stereocenters. The van der Waals surface area contributed by atoms with Gasteiger partial charge >= 0.3 is 0 Å². The molecule has 0 heterocycles. The lowest BCUT2D eigenvalue weighted by molar-refractivity contribution is 0.154. The van der Waals surface area contributed by atoms with Gasteiger partial charge in [-0.15, -0.1) is 0 Å². The quantitative estimate of drug-likeness (QED) is 0.857. The first-order valence-corrected chi connectivity index (χ1v) is 7.15. The zero-order valence-corrected chi connectivity index (χ0v) is 11.5. The summed E-state index contributed by atoms with van der Waals surface area (Å²) in [5, 5.41) is 9.99. The molecular formula is C16H24O2. The molecule has 1 aromatic carbocycles. The van der Waals surface area contributed by atoms with Crippen molar-refractivity contribution in [2.24, 2.45) is 5.92 Å². The molecule has 2 nitrogen and oxygen atoms in total. The SMILES string of the molecule is CCCC(C)COc1cccc2c1CCCC2O. The maximum absolute atomic E-state index is 9.99. The standard InChI is InChI=1S/C16H24O2/c1-3-6-12(2)11-18-16-10-5-7-13-14(16)8-4-9-15(13)17/h5,7,10,12,15,17H,3-4,6,8-9,11H2,1-2H3. The highest BCUT2D eigenvalue weighted by molar-refractivity contribution is 5.42. The highest BCUT2D eigenvalue weighted by atomic mass is 16.5. The molecule has 0 bridgehead atoms. The lowest BCUT2D eigenvalue weighted by Crippen LogP contribution is -2.13. The molecule has 0 saturated heterocycles. The summed E-state index contributed by atoms with van der Waals surface area (Å²) in [4.78, 5) is 0. The summed E-state index contributed by atoms with van der Waals surface area (Å²) in [6.07, 6.45) is 5.07. The largest absolute Gasteiger partial charge is 0.493 e. The second-order valence-electron chi connectivity index (χ2n) is 5.44. The van der Waals surface area contributed by atoms with Crippen LogP contribution in [0, 0.1) is 5.92 Å². The third-order valence-corrected chi connectivity index (χ3v) is 3.74. The van der Waals surface area contributed by atoms with Crippen molar-refractivity contribution in [3.8, 4) is 5.75 Å². The van der Waals surface area contributed by atoms with Crippen LogP contribution in [0.3, 0.4) is 0 Å². The molecule has 0 aromatic heterocycles. The Kier molecular flexibility index (Phi) is 4.65. The topological polar surface area (TPSA) is 29.5 Å². The van der Waals surface area contributed by atoms with Crippen LogP contribution >= 0.6 is 0 Å². The van der Waals surface area contributed by atoms with Crippen LogP contribution in [0.4, 0.5) is 0 Å². The van der Waals surface area contributed by atoms with Crippen molar-refractivity contribution in [2.45, 2.75) is 52.1 Å². The van der Waals surface area contributed by atoms with Gasteiger partial charge in [0.25, 0.3) is 0 Å². The average molecular weight is 248 g/mol. The monoisotopic (exact) mass is 248 g/mol. The van der Waals surface area contributed by atoms with Crippen LogP contribution in [0.1, 0.15) is 56.8 Å². The predicted molar refractivity (Wildman–Crippen MR) is 73.9 cm³/mol. The number of ether oxygens (including phenoxy) is 1.